The summed E-state index contributed by atoms with van der Waals surface area (Å²) in [7, 11) is 0. The van der Waals surface area contributed by atoms with E-state index >= 15 is 0 Å². The molecular formula is C11H18N2OS. The van der Waals surface area contributed by atoms with Crippen molar-refractivity contribution in [2.45, 2.75) is 26.3 Å². The van der Waals surface area contributed by atoms with Gasteiger partial charge in [0.25, 0.3) is 0 Å². The summed E-state index contributed by atoms with van der Waals surface area (Å²) < 4.78 is 0. The third-order valence-electron chi connectivity index (χ3n) is 2.45. The molecule has 1 aromatic rings. The SMILES string of the molecule is CCC(NCC(C)C(N)=O)c1cccs1. The summed E-state index contributed by atoms with van der Waals surface area (Å²) in [6, 6.07) is 4.50. The maximum Gasteiger partial charge on any atom is 0.221 e. The molecule has 0 aliphatic carbocycles. The Morgan fingerprint density at radius 2 is 2.40 bits per heavy atom. The van der Waals surface area contributed by atoms with Crippen LogP contribution in [0.1, 0.15) is 31.2 Å². The molecule has 0 aliphatic rings. The van der Waals surface area contributed by atoms with Crippen LogP contribution in [0.15, 0.2) is 17.5 Å². The third kappa shape index (κ3) is 3.64. The first-order chi connectivity index (χ1) is 7.15. The topological polar surface area (TPSA) is 55.1 Å². The van der Waals surface area contributed by atoms with E-state index in [4.69, 9.17) is 5.73 Å². The van der Waals surface area contributed by atoms with Crippen LogP contribution in [0.2, 0.25) is 0 Å². The van der Waals surface area contributed by atoms with E-state index in [1.807, 2.05) is 13.0 Å². The second kappa shape index (κ2) is 5.88. The van der Waals surface area contributed by atoms with Gasteiger partial charge in [-0.3, -0.25) is 4.79 Å². The number of rotatable bonds is 6. The van der Waals surface area contributed by atoms with E-state index in [1.54, 1.807) is 11.3 Å². The molecule has 1 heterocycles. The molecule has 1 aromatic heterocycles. The minimum atomic E-state index is -0.247. The van der Waals surface area contributed by atoms with Crippen LogP contribution in [0.4, 0.5) is 0 Å². The lowest BCUT2D eigenvalue weighted by Gasteiger charge is -2.17. The Morgan fingerprint density at radius 1 is 1.67 bits per heavy atom. The molecule has 15 heavy (non-hydrogen) atoms. The third-order valence-corrected chi connectivity index (χ3v) is 3.44. The minimum absolute atomic E-state index is 0.112. The van der Waals surface area contributed by atoms with E-state index in [0.717, 1.165) is 6.42 Å². The number of primary amides is 1. The van der Waals surface area contributed by atoms with Crippen LogP contribution >= 0.6 is 11.3 Å². The lowest BCUT2D eigenvalue weighted by atomic mass is 10.1. The number of thiophene rings is 1. The van der Waals surface area contributed by atoms with E-state index in [0.29, 0.717) is 12.6 Å². The van der Waals surface area contributed by atoms with Crippen LogP contribution in [0.25, 0.3) is 0 Å². The molecule has 0 aliphatic heterocycles. The molecule has 84 valence electrons. The molecule has 0 saturated carbocycles. The van der Waals surface area contributed by atoms with Gasteiger partial charge < -0.3 is 11.1 Å². The zero-order valence-corrected chi connectivity index (χ0v) is 10.0. The Kier molecular flexibility index (Phi) is 4.78. The van der Waals surface area contributed by atoms with Gasteiger partial charge in [0.2, 0.25) is 5.91 Å². The Morgan fingerprint density at radius 3 is 2.87 bits per heavy atom. The number of hydrogen-bond donors (Lipinski definition) is 2. The molecule has 1 rings (SSSR count). The van der Waals surface area contributed by atoms with E-state index in [2.05, 4.69) is 23.7 Å². The van der Waals surface area contributed by atoms with Gasteiger partial charge in [0, 0.05) is 23.4 Å². The highest BCUT2D eigenvalue weighted by molar-refractivity contribution is 7.10. The quantitative estimate of drug-likeness (QED) is 0.778. The van der Waals surface area contributed by atoms with Crippen molar-refractivity contribution in [3.63, 3.8) is 0 Å². The van der Waals surface area contributed by atoms with E-state index < -0.39 is 0 Å². The van der Waals surface area contributed by atoms with Crippen LogP contribution in [0, 0.1) is 5.92 Å². The lowest BCUT2D eigenvalue weighted by Crippen LogP contribution is -2.32. The van der Waals surface area contributed by atoms with Gasteiger partial charge in [-0.1, -0.05) is 19.9 Å². The molecule has 2 atom stereocenters. The van der Waals surface area contributed by atoms with Crippen LogP contribution in [0.5, 0.6) is 0 Å². The summed E-state index contributed by atoms with van der Waals surface area (Å²) >= 11 is 1.74. The van der Waals surface area contributed by atoms with Gasteiger partial charge in [0.05, 0.1) is 0 Å². The number of nitrogens with two attached hydrogens (primary N) is 1. The minimum Gasteiger partial charge on any atom is -0.369 e. The molecule has 0 bridgehead atoms. The van der Waals surface area contributed by atoms with Crippen molar-refractivity contribution in [1.82, 2.24) is 5.32 Å². The van der Waals surface area contributed by atoms with E-state index in [1.165, 1.54) is 4.88 Å². The fourth-order valence-corrected chi connectivity index (χ4v) is 2.24. The lowest BCUT2D eigenvalue weighted by molar-refractivity contribution is -0.121. The zero-order valence-electron chi connectivity index (χ0n) is 9.19. The van der Waals surface area contributed by atoms with Gasteiger partial charge in [-0.05, 0) is 17.9 Å². The Balaban J connectivity index is 2.45. The highest BCUT2D eigenvalue weighted by atomic mass is 32.1. The zero-order chi connectivity index (χ0) is 11.3. The van der Waals surface area contributed by atoms with Gasteiger partial charge in [-0.25, -0.2) is 0 Å². The average Bonchev–Trinajstić information content (AvgIpc) is 2.71. The molecule has 0 fully saturated rings. The highest BCUT2D eigenvalue weighted by Gasteiger charge is 2.13. The normalized spacial score (nSPS) is 14.8. The molecule has 3 nitrogen and oxygen atoms in total. The van der Waals surface area contributed by atoms with Gasteiger partial charge in [-0.15, -0.1) is 11.3 Å². The second-order valence-electron chi connectivity index (χ2n) is 3.69. The molecule has 0 radical (unpaired) electrons. The molecule has 3 N–H and O–H groups in total. The summed E-state index contributed by atoms with van der Waals surface area (Å²) in [6.45, 7) is 4.62. The van der Waals surface area contributed by atoms with E-state index in [9.17, 15) is 4.79 Å². The fourth-order valence-electron chi connectivity index (χ4n) is 1.36. The maximum atomic E-state index is 10.9. The fraction of sp³-hybridized carbons (Fsp3) is 0.545. The van der Waals surface area contributed by atoms with Crippen molar-refractivity contribution in [3.05, 3.63) is 22.4 Å². The maximum absolute atomic E-state index is 10.9. The van der Waals surface area contributed by atoms with Crippen LogP contribution in [-0.4, -0.2) is 12.5 Å². The number of carbonyl (C=O) groups excluding carboxylic acids is 1. The van der Waals surface area contributed by atoms with Gasteiger partial charge in [-0.2, -0.15) is 0 Å². The second-order valence-corrected chi connectivity index (χ2v) is 4.67. The van der Waals surface area contributed by atoms with E-state index in [-0.39, 0.29) is 11.8 Å². The monoisotopic (exact) mass is 226 g/mol. The first kappa shape index (κ1) is 12.2. The van der Waals surface area contributed by atoms with Crippen molar-refractivity contribution in [2.75, 3.05) is 6.54 Å². The molecule has 0 saturated heterocycles. The predicted molar refractivity (Wildman–Crippen MR) is 63.7 cm³/mol. The summed E-state index contributed by atoms with van der Waals surface area (Å²) in [4.78, 5) is 12.2. The first-order valence-corrected chi connectivity index (χ1v) is 6.09. The molecular weight excluding hydrogens is 208 g/mol. The van der Waals surface area contributed by atoms with Crippen molar-refractivity contribution in [2.24, 2.45) is 11.7 Å². The smallest absolute Gasteiger partial charge is 0.221 e. The standard InChI is InChI=1S/C11H18N2OS/c1-3-9(10-5-4-6-15-10)13-7-8(2)11(12)14/h4-6,8-9,13H,3,7H2,1-2H3,(H2,12,14). The van der Waals surface area contributed by atoms with Crippen LogP contribution < -0.4 is 11.1 Å². The van der Waals surface area contributed by atoms with Gasteiger partial charge in [0.1, 0.15) is 0 Å². The summed E-state index contributed by atoms with van der Waals surface area (Å²) in [6.07, 6.45) is 1.02. The number of nitrogens with one attached hydrogen (secondary N) is 1. The highest BCUT2D eigenvalue weighted by Crippen LogP contribution is 2.21. The Bertz CT molecular complexity index is 298. The number of amides is 1. The van der Waals surface area contributed by atoms with Crippen LogP contribution in [0.3, 0.4) is 0 Å². The van der Waals surface area contributed by atoms with Crippen molar-refractivity contribution in [1.29, 1.82) is 0 Å². The van der Waals surface area contributed by atoms with Gasteiger partial charge >= 0.3 is 0 Å². The summed E-state index contributed by atoms with van der Waals surface area (Å²) in [5.41, 5.74) is 5.21. The number of hydrogen-bond acceptors (Lipinski definition) is 3. The molecule has 0 spiro atoms. The Hall–Kier alpha value is -0.870. The molecule has 4 heteroatoms. The molecule has 1 amide bonds. The van der Waals surface area contributed by atoms with Gasteiger partial charge in [0.15, 0.2) is 0 Å². The molecule has 2 unspecified atom stereocenters. The number of carbonyl (C=O) groups is 1. The van der Waals surface area contributed by atoms with Crippen LogP contribution in [-0.2, 0) is 4.79 Å². The van der Waals surface area contributed by atoms with Crippen molar-refractivity contribution >= 4 is 17.2 Å². The van der Waals surface area contributed by atoms with Crippen molar-refractivity contribution < 1.29 is 4.79 Å². The summed E-state index contributed by atoms with van der Waals surface area (Å²) in [5.74, 6) is -0.359. The largest absolute Gasteiger partial charge is 0.369 e. The Labute approximate surface area is 94.7 Å². The first-order valence-electron chi connectivity index (χ1n) is 5.21. The average molecular weight is 226 g/mol. The molecule has 0 aromatic carbocycles. The summed E-state index contributed by atoms with van der Waals surface area (Å²) in [5, 5.41) is 5.43. The van der Waals surface area contributed by atoms with Crippen molar-refractivity contribution in [3.8, 4) is 0 Å². The predicted octanol–water partition coefficient (Wildman–Crippen LogP) is 1.91.